The third-order valence-corrected chi connectivity index (χ3v) is 6.18. The Morgan fingerprint density at radius 1 is 1.29 bits per heavy atom. The molecule has 8 nitrogen and oxygen atoms in total. The number of alkyl halides is 2. The van der Waals surface area contributed by atoms with Crippen molar-refractivity contribution < 1.29 is 32.5 Å². The second-order valence-corrected chi connectivity index (χ2v) is 8.77. The summed E-state index contributed by atoms with van der Waals surface area (Å²) in [5, 5.41) is 3.34. The maximum absolute atomic E-state index is 13.2. The molecule has 0 amide bonds. The summed E-state index contributed by atoms with van der Waals surface area (Å²) in [6.07, 6.45) is 5.65. The molecule has 1 aliphatic carbocycles. The van der Waals surface area contributed by atoms with Crippen molar-refractivity contribution in [1.82, 2.24) is 14.7 Å². The van der Waals surface area contributed by atoms with Crippen LogP contribution in [0.4, 0.5) is 8.78 Å². The van der Waals surface area contributed by atoms with Crippen molar-refractivity contribution in [3.8, 4) is 28.5 Å². The van der Waals surface area contributed by atoms with Gasteiger partial charge < -0.3 is 24.3 Å². The number of carbonyl (C=O) groups is 1. The number of fused-ring (bicyclic) bond motifs is 1. The lowest BCUT2D eigenvalue weighted by molar-refractivity contribution is -0.0502. The predicted octanol–water partition coefficient (Wildman–Crippen LogP) is 3.96. The van der Waals surface area contributed by atoms with Gasteiger partial charge in [-0.3, -0.25) is 9.20 Å². The SMILES string of the molecule is COc1cc(-c2cnc3cc(OCC4COCCN4)ccn23)cc(OC(F)F)c1C(=O)CC1CC1. The molecule has 1 N–H and O–H groups in total. The van der Waals surface area contributed by atoms with Gasteiger partial charge in [0.15, 0.2) is 5.78 Å². The van der Waals surface area contributed by atoms with E-state index in [-0.39, 0.29) is 35.3 Å². The van der Waals surface area contributed by atoms with Crippen molar-refractivity contribution in [2.45, 2.75) is 31.9 Å². The first-order chi connectivity index (χ1) is 17.0. The zero-order valence-corrected chi connectivity index (χ0v) is 19.3. The predicted molar refractivity (Wildman–Crippen MR) is 124 cm³/mol. The summed E-state index contributed by atoms with van der Waals surface area (Å²) in [6, 6.07) is 6.83. The summed E-state index contributed by atoms with van der Waals surface area (Å²) >= 11 is 0. The van der Waals surface area contributed by atoms with Gasteiger partial charge in [-0.15, -0.1) is 0 Å². The zero-order chi connectivity index (χ0) is 24.4. The Labute approximate surface area is 201 Å². The molecular formula is C25H27F2N3O5. The van der Waals surface area contributed by atoms with Crippen molar-refractivity contribution >= 4 is 11.4 Å². The lowest BCUT2D eigenvalue weighted by Gasteiger charge is -2.23. The van der Waals surface area contributed by atoms with Crippen molar-refractivity contribution in [2.24, 2.45) is 5.92 Å². The van der Waals surface area contributed by atoms with Crippen LogP contribution >= 0.6 is 0 Å². The van der Waals surface area contributed by atoms with Crippen molar-refractivity contribution in [2.75, 3.05) is 33.5 Å². The fourth-order valence-electron chi connectivity index (χ4n) is 4.24. The number of hydrogen-bond donors (Lipinski definition) is 1. The topological polar surface area (TPSA) is 83.3 Å². The quantitative estimate of drug-likeness (QED) is 0.434. The molecule has 3 heterocycles. The minimum absolute atomic E-state index is 0.0493. The lowest BCUT2D eigenvalue weighted by Crippen LogP contribution is -2.44. The second-order valence-electron chi connectivity index (χ2n) is 8.77. The molecule has 2 aromatic heterocycles. The number of carbonyl (C=O) groups excluding carboxylic acids is 1. The van der Waals surface area contributed by atoms with Gasteiger partial charge in [-0.25, -0.2) is 4.98 Å². The van der Waals surface area contributed by atoms with Crippen LogP contribution in [0.2, 0.25) is 0 Å². The minimum atomic E-state index is -3.08. The number of hydrogen-bond acceptors (Lipinski definition) is 7. The first kappa shape index (κ1) is 23.5. The molecule has 186 valence electrons. The van der Waals surface area contributed by atoms with Crippen LogP contribution in [0.15, 0.2) is 36.7 Å². The van der Waals surface area contributed by atoms with Gasteiger partial charge in [-0.05, 0) is 37.0 Å². The molecule has 0 spiro atoms. The van der Waals surface area contributed by atoms with E-state index in [1.807, 2.05) is 6.07 Å². The number of benzene rings is 1. The van der Waals surface area contributed by atoms with Crippen LogP contribution in [0.1, 0.15) is 29.6 Å². The average Bonchev–Trinajstić information content (AvgIpc) is 3.57. The van der Waals surface area contributed by atoms with Gasteiger partial charge in [0.25, 0.3) is 0 Å². The van der Waals surface area contributed by atoms with Gasteiger partial charge >= 0.3 is 6.61 Å². The molecule has 1 aromatic carbocycles. The third kappa shape index (κ3) is 5.38. The highest BCUT2D eigenvalue weighted by Crippen LogP contribution is 2.40. The number of methoxy groups -OCH3 is 1. The summed E-state index contributed by atoms with van der Waals surface area (Å²) in [7, 11) is 1.41. The Morgan fingerprint density at radius 2 is 2.11 bits per heavy atom. The molecule has 5 rings (SSSR count). The van der Waals surface area contributed by atoms with E-state index in [2.05, 4.69) is 10.3 Å². The summed E-state index contributed by atoms with van der Waals surface area (Å²) in [6.45, 7) is -0.522. The normalized spacial score (nSPS) is 18.1. The molecule has 10 heteroatoms. The smallest absolute Gasteiger partial charge is 0.387 e. The lowest BCUT2D eigenvalue weighted by atomic mass is 10.00. The molecule has 1 atom stereocenters. The van der Waals surface area contributed by atoms with Gasteiger partial charge in [0.1, 0.15) is 35.1 Å². The fraction of sp³-hybridized carbons (Fsp3) is 0.440. The number of nitrogens with zero attached hydrogens (tertiary/aromatic N) is 2. The summed E-state index contributed by atoms with van der Waals surface area (Å²) in [4.78, 5) is 17.3. The highest BCUT2D eigenvalue weighted by Gasteiger charge is 2.29. The minimum Gasteiger partial charge on any atom is -0.496 e. The molecular weight excluding hydrogens is 460 g/mol. The Bertz CT molecular complexity index is 1210. The van der Waals surface area contributed by atoms with E-state index >= 15 is 0 Å². The number of halogens is 2. The number of imidazole rings is 1. The Hall–Kier alpha value is -3.24. The summed E-state index contributed by atoms with van der Waals surface area (Å²) < 4.78 is 49.8. The van der Waals surface area contributed by atoms with Crippen LogP contribution < -0.4 is 19.5 Å². The molecule has 2 aliphatic rings. The molecule has 3 aromatic rings. The first-order valence-corrected chi connectivity index (χ1v) is 11.6. The van der Waals surface area contributed by atoms with E-state index in [9.17, 15) is 13.6 Å². The Balaban J connectivity index is 1.44. The Kier molecular flexibility index (Phi) is 6.83. The molecule has 0 bridgehead atoms. The van der Waals surface area contributed by atoms with Crippen molar-refractivity contribution in [1.29, 1.82) is 0 Å². The van der Waals surface area contributed by atoms with Gasteiger partial charge in [0.2, 0.25) is 0 Å². The van der Waals surface area contributed by atoms with E-state index in [0.29, 0.717) is 48.4 Å². The fourth-order valence-corrected chi connectivity index (χ4v) is 4.24. The van der Waals surface area contributed by atoms with E-state index in [0.717, 1.165) is 19.4 Å². The van der Waals surface area contributed by atoms with E-state index in [1.165, 1.54) is 13.2 Å². The van der Waals surface area contributed by atoms with Crippen LogP contribution in [0.5, 0.6) is 17.2 Å². The number of ether oxygens (including phenoxy) is 4. The van der Waals surface area contributed by atoms with Crippen molar-refractivity contribution in [3.05, 3.63) is 42.2 Å². The number of aromatic nitrogens is 2. The molecule has 1 saturated carbocycles. The van der Waals surface area contributed by atoms with Gasteiger partial charge in [0.05, 0.1) is 38.3 Å². The molecule has 35 heavy (non-hydrogen) atoms. The van der Waals surface area contributed by atoms with Gasteiger partial charge in [-0.1, -0.05) is 0 Å². The van der Waals surface area contributed by atoms with Crippen molar-refractivity contribution in [3.63, 3.8) is 0 Å². The standard InChI is InChI=1S/C25H27F2N3O5/c1-32-21-9-16(10-22(35-25(26)27)24(21)20(31)8-15-2-3-15)19-12-29-23-11-18(4-6-30(19)23)34-14-17-13-33-7-5-28-17/h4,6,9-12,15,17,25,28H,2-3,5,7-8,13-14H2,1H3. The molecule has 1 saturated heterocycles. The maximum atomic E-state index is 13.2. The highest BCUT2D eigenvalue weighted by molar-refractivity contribution is 6.02. The number of nitrogens with one attached hydrogen (secondary N) is 1. The summed E-state index contributed by atoms with van der Waals surface area (Å²) in [5.41, 5.74) is 1.83. The van der Waals surface area contributed by atoms with Crippen LogP contribution in [0.25, 0.3) is 16.9 Å². The number of pyridine rings is 1. The number of ketones is 1. The van der Waals surface area contributed by atoms with E-state index in [1.54, 1.807) is 28.9 Å². The Morgan fingerprint density at radius 3 is 2.83 bits per heavy atom. The van der Waals surface area contributed by atoms with Crippen LogP contribution in [0.3, 0.4) is 0 Å². The van der Waals surface area contributed by atoms with Crippen LogP contribution in [0, 0.1) is 5.92 Å². The highest BCUT2D eigenvalue weighted by atomic mass is 19.3. The third-order valence-electron chi connectivity index (χ3n) is 6.18. The zero-order valence-electron chi connectivity index (χ0n) is 19.3. The van der Waals surface area contributed by atoms with Gasteiger partial charge in [-0.2, -0.15) is 8.78 Å². The number of morpholine rings is 1. The second kappa shape index (κ2) is 10.2. The van der Waals surface area contributed by atoms with E-state index < -0.39 is 6.61 Å². The van der Waals surface area contributed by atoms with Crippen LogP contribution in [-0.4, -0.2) is 61.3 Å². The van der Waals surface area contributed by atoms with Crippen LogP contribution in [-0.2, 0) is 4.74 Å². The monoisotopic (exact) mass is 487 g/mol. The average molecular weight is 488 g/mol. The largest absolute Gasteiger partial charge is 0.496 e. The van der Waals surface area contributed by atoms with E-state index in [4.69, 9.17) is 18.9 Å². The molecule has 1 aliphatic heterocycles. The number of Topliss-reactive ketones (excluding diaryl/α,β-unsaturated/α-hetero) is 1. The molecule has 0 radical (unpaired) electrons. The molecule has 1 unspecified atom stereocenters. The first-order valence-electron chi connectivity index (χ1n) is 11.6. The summed E-state index contributed by atoms with van der Waals surface area (Å²) in [5.74, 6) is 0.688. The number of rotatable bonds is 10. The van der Waals surface area contributed by atoms with Gasteiger partial charge in [0, 0.05) is 30.8 Å². The maximum Gasteiger partial charge on any atom is 0.387 e. The molecule has 2 fully saturated rings.